The summed E-state index contributed by atoms with van der Waals surface area (Å²) >= 11 is 1.49. The van der Waals surface area contributed by atoms with E-state index in [0.29, 0.717) is 24.2 Å². The molecule has 1 aliphatic rings. The van der Waals surface area contributed by atoms with Gasteiger partial charge in [0.1, 0.15) is 6.10 Å². The maximum atomic E-state index is 12.7. The molecule has 0 aliphatic heterocycles. The van der Waals surface area contributed by atoms with Crippen molar-refractivity contribution in [1.82, 2.24) is 0 Å². The highest BCUT2D eigenvalue weighted by Gasteiger charge is 2.35. The zero-order chi connectivity index (χ0) is 25.7. The number of aryl methyl sites for hydroxylation is 1. The van der Waals surface area contributed by atoms with E-state index in [9.17, 15) is 19.5 Å². The Labute approximate surface area is 214 Å². The summed E-state index contributed by atoms with van der Waals surface area (Å²) in [7, 11) is 0. The summed E-state index contributed by atoms with van der Waals surface area (Å²) in [5.41, 5.74) is 4.15. The number of carbonyl (C=O) groups excluding carboxylic acids is 2. The maximum absolute atomic E-state index is 12.7. The van der Waals surface area contributed by atoms with Crippen molar-refractivity contribution in [2.45, 2.75) is 45.6 Å². The van der Waals surface area contributed by atoms with Crippen molar-refractivity contribution < 1.29 is 24.2 Å². The van der Waals surface area contributed by atoms with Gasteiger partial charge in [-0.25, -0.2) is 4.79 Å². The molecule has 2 unspecified atom stereocenters. The number of carboxylic acid groups (broad SMARTS) is 1. The third-order valence-electron chi connectivity index (χ3n) is 6.65. The molecule has 188 valence electrons. The van der Waals surface area contributed by atoms with Crippen LogP contribution in [0.1, 0.15) is 49.8 Å². The molecule has 0 bridgehead atoms. The predicted octanol–water partition coefficient (Wildman–Crippen LogP) is 6.86. The summed E-state index contributed by atoms with van der Waals surface area (Å²) in [4.78, 5) is 37.7. The summed E-state index contributed by atoms with van der Waals surface area (Å²) in [5.74, 6) is -2.31. The zero-order valence-electron chi connectivity index (χ0n) is 20.3. The van der Waals surface area contributed by atoms with E-state index < -0.39 is 23.9 Å². The average molecular weight is 507 g/mol. The molecule has 3 N–H and O–H groups in total. The van der Waals surface area contributed by atoms with Crippen molar-refractivity contribution in [2.24, 2.45) is 11.8 Å². The van der Waals surface area contributed by atoms with Gasteiger partial charge in [0, 0.05) is 5.69 Å². The number of nitrogens with one attached hydrogen (secondary N) is 2. The molecule has 1 fully saturated rings. The third-order valence-corrected chi connectivity index (χ3v) is 7.61. The Bertz CT molecular complexity index is 1240. The second kappa shape index (κ2) is 11.4. The van der Waals surface area contributed by atoms with Crippen LogP contribution < -0.4 is 10.6 Å². The van der Waals surface area contributed by atoms with Crippen LogP contribution in [0.15, 0.2) is 60.0 Å². The van der Waals surface area contributed by atoms with Gasteiger partial charge in [-0.15, -0.1) is 11.3 Å². The molecule has 1 aromatic heterocycles. The van der Waals surface area contributed by atoms with Crippen LogP contribution in [-0.2, 0) is 14.3 Å². The van der Waals surface area contributed by atoms with Gasteiger partial charge in [0.05, 0.1) is 22.4 Å². The number of thiophene rings is 1. The molecule has 1 aliphatic carbocycles. The first kappa shape index (κ1) is 25.4. The highest BCUT2D eigenvalue weighted by atomic mass is 32.1. The van der Waals surface area contributed by atoms with Gasteiger partial charge in [-0.3, -0.25) is 14.9 Å². The number of hydrogen-bond donors (Lipinski definition) is 3. The van der Waals surface area contributed by atoms with Crippen LogP contribution in [0, 0.1) is 18.8 Å². The number of anilines is 2. The van der Waals surface area contributed by atoms with Gasteiger partial charge in [-0.05, 0) is 67.0 Å². The minimum atomic E-state index is -0.908. The summed E-state index contributed by atoms with van der Waals surface area (Å²) in [6, 6.07) is 16.9. The molecule has 2 aromatic carbocycles. The molecule has 0 radical (unpaired) electrons. The minimum Gasteiger partial charge on any atom is -0.481 e. The first-order valence-electron chi connectivity index (χ1n) is 12.1. The Morgan fingerprint density at radius 1 is 0.972 bits per heavy atom. The Hall–Kier alpha value is -3.65. The SMILES string of the molecule is Cc1ccccc1[C@@H](C)OC(=O)Nc1ccsc1-c1ccc(NC(=O)C2CCCCC2C(=O)O)cc1. The molecule has 0 spiro atoms. The summed E-state index contributed by atoms with van der Waals surface area (Å²) in [6.07, 6.45) is 1.90. The molecule has 7 nitrogen and oxygen atoms in total. The molecular formula is C28H30N2O5S. The van der Waals surface area contributed by atoms with E-state index in [0.717, 1.165) is 34.4 Å². The second-order valence-corrected chi connectivity index (χ2v) is 10.0. The maximum Gasteiger partial charge on any atom is 0.412 e. The van der Waals surface area contributed by atoms with E-state index in [2.05, 4.69) is 10.6 Å². The lowest BCUT2D eigenvalue weighted by molar-refractivity contribution is -0.147. The molecule has 0 saturated heterocycles. The highest BCUT2D eigenvalue weighted by molar-refractivity contribution is 7.14. The largest absolute Gasteiger partial charge is 0.481 e. The molecule has 3 atom stereocenters. The van der Waals surface area contributed by atoms with E-state index in [1.54, 1.807) is 12.1 Å². The lowest BCUT2D eigenvalue weighted by Crippen LogP contribution is -2.36. The van der Waals surface area contributed by atoms with Crippen LogP contribution in [0.5, 0.6) is 0 Å². The quantitative estimate of drug-likeness (QED) is 0.325. The molecule has 8 heteroatoms. The van der Waals surface area contributed by atoms with E-state index in [-0.39, 0.29) is 12.0 Å². The number of carbonyl (C=O) groups is 3. The van der Waals surface area contributed by atoms with Crippen molar-refractivity contribution in [3.8, 4) is 10.4 Å². The zero-order valence-corrected chi connectivity index (χ0v) is 21.1. The number of hydrogen-bond acceptors (Lipinski definition) is 5. The summed E-state index contributed by atoms with van der Waals surface area (Å²) in [6.45, 7) is 3.82. The second-order valence-electron chi connectivity index (χ2n) is 9.09. The molecule has 1 saturated carbocycles. The molecule has 3 aromatic rings. The first-order valence-corrected chi connectivity index (χ1v) is 13.0. The number of ether oxygens (including phenoxy) is 1. The lowest BCUT2D eigenvalue weighted by Gasteiger charge is -2.27. The fraction of sp³-hybridized carbons (Fsp3) is 0.321. The van der Waals surface area contributed by atoms with E-state index in [1.807, 2.05) is 61.7 Å². The summed E-state index contributed by atoms with van der Waals surface area (Å²) < 4.78 is 5.59. The number of benzene rings is 2. The van der Waals surface area contributed by atoms with E-state index >= 15 is 0 Å². The number of rotatable bonds is 7. The summed E-state index contributed by atoms with van der Waals surface area (Å²) in [5, 5.41) is 17.1. The van der Waals surface area contributed by atoms with Crippen LogP contribution in [-0.4, -0.2) is 23.1 Å². The van der Waals surface area contributed by atoms with Crippen LogP contribution in [0.2, 0.25) is 0 Å². The fourth-order valence-corrected chi connectivity index (χ4v) is 5.58. The Morgan fingerprint density at radius 2 is 1.67 bits per heavy atom. The van der Waals surface area contributed by atoms with E-state index in [1.165, 1.54) is 11.3 Å². The van der Waals surface area contributed by atoms with Gasteiger partial charge >= 0.3 is 12.1 Å². The molecular weight excluding hydrogens is 476 g/mol. The monoisotopic (exact) mass is 506 g/mol. The van der Waals surface area contributed by atoms with Crippen molar-refractivity contribution in [3.63, 3.8) is 0 Å². The normalized spacial score (nSPS) is 18.2. The Balaban J connectivity index is 1.39. The van der Waals surface area contributed by atoms with Gasteiger partial charge in [-0.1, -0.05) is 49.2 Å². The van der Waals surface area contributed by atoms with Gasteiger partial charge < -0.3 is 15.2 Å². The number of aliphatic carboxylic acids is 1. The number of amides is 2. The third kappa shape index (κ3) is 5.94. The number of carboxylic acids is 1. The van der Waals surface area contributed by atoms with Gasteiger partial charge in [-0.2, -0.15) is 0 Å². The molecule has 4 rings (SSSR count). The van der Waals surface area contributed by atoms with Crippen molar-refractivity contribution in [3.05, 3.63) is 71.1 Å². The lowest BCUT2D eigenvalue weighted by atomic mass is 9.78. The topological polar surface area (TPSA) is 105 Å². The highest BCUT2D eigenvalue weighted by Crippen LogP contribution is 2.35. The Morgan fingerprint density at radius 3 is 2.36 bits per heavy atom. The molecule has 1 heterocycles. The molecule has 36 heavy (non-hydrogen) atoms. The Kier molecular flexibility index (Phi) is 8.05. The van der Waals surface area contributed by atoms with Crippen LogP contribution in [0.3, 0.4) is 0 Å². The van der Waals surface area contributed by atoms with Crippen molar-refractivity contribution in [1.29, 1.82) is 0 Å². The standard InChI is InChI=1S/C28H30N2O5S/c1-17-7-3-4-8-21(17)18(2)35-28(34)30-24-15-16-36-25(24)19-11-13-20(14-12-19)29-26(31)22-9-5-6-10-23(22)27(32)33/h3-4,7-8,11-16,18,22-23H,5-6,9-10H2,1-2H3,(H,29,31)(H,30,34)(H,32,33)/t18-,22?,23?/m1/s1. The first-order chi connectivity index (χ1) is 17.3. The van der Waals surface area contributed by atoms with Crippen LogP contribution >= 0.6 is 11.3 Å². The predicted molar refractivity (Wildman–Crippen MR) is 141 cm³/mol. The smallest absolute Gasteiger partial charge is 0.412 e. The van der Waals surface area contributed by atoms with E-state index in [4.69, 9.17) is 4.74 Å². The van der Waals surface area contributed by atoms with Gasteiger partial charge in [0.15, 0.2) is 0 Å². The van der Waals surface area contributed by atoms with Crippen molar-refractivity contribution in [2.75, 3.05) is 10.6 Å². The van der Waals surface area contributed by atoms with Gasteiger partial charge in [0.2, 0.25) is 5.91 Å². The molecule has 2 amide bonds. The van der Waals surface area contributed by atoms with Crippen molar-refractivity contribution >= 4 is 40.7 Å². The minimum absolute atomic E-state index is 0.251. The fourth-order valence-electron chi connectivity index (χ4n) is 4.72. The van der Waals surface area contributed by atoms with Gasteiger partial charge in [0.25, 0.3) is 0 Å². The van der Waals surface area contributed by atoms with Crippen LogP contribution in [0.4, 0.5) is 16.2 Å². The van der Waals surface area contributed by atoms with Crippen LogP contribution in [0.25, 0.3) is 10.4 Å². The average Bonchev–Trinajstić information content (AvgIpc) is 3.32.